The lowest BCUT2D eigenvalue weighted by Crippen LogP contribution is -2.16. The fourth-order valence-electron chi connectivity index (χ4n) is 3.25. The van der Waals surface area contributed by atoms with E-state index in [0.717, 1.165) is 26.1 Å². The summed E-state index contributed by atoms with van der Waals surface area (Å²) in [7, 11) is 6.43. The molecule has 0 unspecified atom stereocenters. The molecule has 0 aromatic heterocycles. The minimum absolute atomic E-state index is 1.00. The first-order valence-corrected chi connectivity index (χ1v) is 8.14. The summed E-state index contributed by atoms with van der Waals surface area (Å²) in [5.41, 5.74) is 8.63. The van der Waals surface area contributed by atoms with E-state index in [1.54, 1.807) is 0 Å². The zero-order chi connectivity index (χ0) is 15.7. The van der Waals surface area contributed by atoms with Crippen LogP contribution in [0.1, 0.15) is 29.2 Å². The van der Waals surface area contributed by atoms with Gasteiger partial charge in [-0.1, -0.05) is 31.2 Å². The van der Waals surface area contributed by atoms with Gasteiger partial charge in [0, 0.05) is 13.1 Å². The highest BCUT2D eigenvalue weighted by Gasteiger charge is 2.19. The molecule has 2 heteroatoms. The fourth-order valence-corrected chi connectivity index (χ4v) is 3.25. The molecule has 1 aliphatic rings. The zero-order valence-corrected chi connectivity index (χ0v) is 14.2. The van der Waals surface area contributed by atoms with Gasteiger partial charge >= 0.3 is 0 Å². The SMILES string of the molecule is CCN(C)Cc1ccc2c(c1)-c1cc(CN(C)C)ccc1C2. The van der Waals surface area contributed by atoms with Crippen LogP contribution in [0.5, 0.6) is 0 Å². The highest BCUT2D eigenvalue weighted by Crippen LogP contribution is 2.38. The predicted molar refractivity (Wildman–Crippen MR) is 94.1 cm³/mol. The van der Waals surface area contributed by atoms with Crippen molar-refractivity contribution in [2.45, 2.75) is 26.4 Å². The van der Waals surface area contributed by atoms with Crippen molar-refractivity contribution in [3.8, 4) is 11.1 Å². The van der Waals surface area contributed by atoms with Gasteiger partial charge in [0.05, 0.1) is 0 Å². The van der Waals surface area contributed by atoms with Gasteiger partial charge in [-0.25, -0.2) is 0 Å². The number of benzene rings is 2. The van der Waals surface area contributed by atoms with E-state index in [2.05, 4.69) is 74.3 Å². The molecule has 0 saturated heterocycles. The Balaban J connectivity index is 1.94. The van der Waals surface area contributed by atoms with Crippen LogP contribution in [0, 0.1) is 0 Å². The topological polar surface area (TPSA) is 6.48 Å². The lowest BCUT2D eigenvalue weighted by Gasteiger charge is -2.15. The lowest BCUT2D eigenvalue weighted by atomic mass is 10.0. The molecule has 1 aliphatic carbocycles. The Hall–Kier alpha value is -1.64. The van der Waals surface area contributed by atoms with Gasteiger partial charge in [-0.3, -0.25) is 0 Å². The average molecular weight is 294 g/mol. The molecule has 0 amide bonds. The van der Waals surface area contributed by atoms with Crippen molar-refractivity contribution in [3.63, 3.8) is 0 Å². The molecular weight excluding hydrogens is 268 g/mol. The van der Waals surface area contributed by atoms with E-state index in [4.69, 9.17) is 0 Å². The Morgan fingerprint density at radius 1 is 0.818 bits per heavy atom. The minimum Gasteiger partial charge on any atom is -0.305 e. The average Bonchev–Trinajstić information content (AvgIpc) is 2.84. The van der Waals surface area contributed by atoms with Crippen LogP contribution in [0.15, 0.2) is 36.4 Å². The third-order valence-corrected chi connectivity index (χ3v) is 4.51. The third-order valence-electron chi connectivity index (χ3n) is 4.51. The molecule has 116 valence electrons. The summed E-state index contributed by atoms with van der Waals surface area (Å²) in [5.74, 6) is 0. The molecule has 0 atom stereocenters. The number of rotatable bonds is 5. The maximum Gasteiger partial charge on any atom is 0.0230 e. The van der Waals surface area contributed by atoms with Crippen LogP contribution in [-0.4, -0.2) is 37.5 Å². The van der Waals surface area contributed by atoms with Gasteiger partial charge in [-0.05, 0) is 79.6 Å². The van der Waals surface area contributed by atoms with Crippen LogP contribution in [0.25, 0.3) is 11.1 Å². The van der Waals surface area contributed by atoms with Gasteiger partial charge in [0.1, 0.15) is 0 Å². The Morgan fingerprint density at radius 2 is 1.36 bits per heavy atom. The summed E-state index contributed by atoms with van der Waals surface area (Å²) in [4.78, 5) is 4.57. The second-order valence-corrected chi connectivity index (χ2v) is 6.73. The molecule has 2 aromatic rings. The van der Waals surface area contributed by atoms with Crippen LogP contribution < -0.4 is 0 Å². The van der Waals surface area contributed by atoms with E-state index in [0.29, 0.717) is 0 Å². The number of hydrogen-bond donors (Lipinski definition) is 0. The second-order valence-electron chi connectivity index (χ2n) is 6.73. The van der Waals surface area contributed by atoms with Crippen molar-refractivity contribution in [2.24, 2.45) is 0 Å². The molecule has 0 spiro atoms. The first-order chi connectivity index (χ1) is 10.6. The molecule has 0 aliphatic heterocycles. The summed E-state index contributed by atoms with van der Waals surface area (Å²) in [6.45, 7) is 5.31. The summed E-state index contributed by atoms with van der Waals surface area (Å²) >= 11 is 0. The van der Waals surface area contributed by atoms with Gasteiger partial charge in [0.15, 0.2) is 0 Å². The Morgan fingerprint density at radius 3 is 1.86 bits per heavy atom. The number of nitrogens with zero attached hydrogens (tertiary/aromatic N) is 2. The van der Waals surface area contributed by atoms with E-state index in [-0.39, 0.29) is 0 Å². The normalized spacial score (nSPS) is 12.8. The van der Waals surface area contributed by atoms with E-state index >= 15 is 0 Å². The summed E-state index contributed by atoms with van der Waals surface area (Å²) in [5, 5.41) is 0. The van der Waals surface area contributed by atoms with Crippen LogP contribution in [0.3, 0.4) is 0 Å². The second kappa shape index (κ2) is 6.23. The van der Waals surface area contributed by atoms with Crippen LogP contribution in [0.2, 0.25) is 0 Å². The fraction of sp³-hybridized carbons (Fsp3) is 0.400. The van der Waals surface area contributed by atoms with E-state index in [9.17, 15) is 0 Å². The third kappa shape index (κ3) is 3.08. The molecular formula is C20H26N2. The highest BCUT2D eigenvalue weighted by molar-refractivity contribution is 5.77. The van der Waals surface area contributed by atoms with Gasteiger partial charge in [-0.2, -0.15) is 0 Å². The molecule has 22 heavy (non-hydrogen) atoms. The largest absolute Gasteiger partial charge is 0.305 e. The molecule has 0 radical (unpaired) electrons. The molecule has 0 heterocycles. The maximum atomic E-state index is 2.40. The molecule has 0 saturated carbocycles. The standard InChI is InChI=1S/C20H26N2/c1-5-22(4)14-16-7-9-18-12-17-8-6-15(13-21(2)3)10-19(17)20(18)11-16/h6-11H,5,12-14H2,1-4H3. The van der Waals surface area contributed by atoms with Gasteiger partial charge < -0.3 is 9.80 Å². The van der Waals surface area contributed by atoms with E-state index in [1.165, 1.54) is 33.4 Å². The van der Waals surface area contributed by atoms with Crippen LogP contribution >= 0.6 is 0 Å². The molecule has 0 N–H and O–H groups in total. The lowest BCUT2D eigenvalue weighted by molar-refractivity contribution is 0.346. The predicted octanol–water partition coefficient (Wildman–Crippen LogP) is 3.77. The molecule has 2 aromatic carbocycles. The van der Waals surface area contributed by atoms with Crippen molar-refractivity contribution < 1.29 is 0 Å². The van der Waals surface area contributed by atoms with E-state index < -0.39 is 0 Å². The van der Waals surface area contributed by atoms with Crippen molar-refractivity contribution in [1.82, 2.24) is 9.80 Å². The molecule has 0 bridgehead atoms. The number of fused-ring (bicyclic) bond motifs is 3. The first-order valence-electron chi connectivity index (χ1n) is 8.14. The molecule has 0 fully saturated rings. The van der Waals surface area contributed by atoms with Crippen molar-refractivity contribution >= 4 is 0 Å². The summed E-state index contributed by atoms with van der Waals surface area (Å²) in [6.07, 6.45) is 1.08. The Labute approximate surface area is 134 Å². The maximum absolute atomic E-state index is 2.40. The van der Waals surface area contributed by atoms with Gasteiger partial charge in [0.25, 0.3) is 0 Å². The smallest absolute Gasteiger partial charge is 0.0230 e. The van der Waals surface area contributed by atoms with Crippen molar-refractivity contribution in [1.29, 1.82) is 0 Å². The molecule has 3 rings (SSSR count). The zero-order valence-electron chi connectivity index (χ0n) is 14.2. The van der Waals surface area contributed by atoms with E-state index in [1.807, 2.05) is 0 Å². The first kappa shape index (κ1) is 15.3. The Kier molecular flexibility index (Phi) is 4.32. The highest BCUT2D eigenvalue weighted by atomic mass is 15.1. The Bertz CT molecular complexity index is 673. The van der Waals surface area contributed by atoms with Crippen molar-refractivity contribution in [3.05, 3.63) is 58.7 Å². The summed E-state index contributed by atoms with van der Waals surface area (Å²) < 4.78 is 0. The minimum atomic E-state index is 1.00. The van der Waals surface area contributed by atoms with Crippen LogP contribution in [-0.2, 0) is 19.5 Å². The van der Waals surface area contributed by atoms with Gasteiger partial charge in [-0.15, -0.1) is 0 Å². The van der Waals surface area contributed by atoms with Gasteiger partial charge in [0.2, 0.25) is 0 Å². The number of hydrogen-bond acceptors (Lipinski definition) is 2. The van der Waals surface area contributed by atoms with Crippen LogP contribution in [0.4, 0.5) is 0 Å². The summed E-state index contributed by atoms with van der Waals surface area (Å²) in [6, 6.07) is 14.0. The molecule has 2 nitrogen and oxygen atoms in total. The monoisotopic (exact) mass is 294 g/mol. The quantitative estimate of drug-likeness (QED) is 0.707. The van der Waals surface area contributed by atoms with Crippen molar-refractivity contribution in [2.75, 3.05) is 27.7 Å².